The number of ether oxygens (including phenoxy) is 1. The molecule has 1 heterocycles. The Morgan fingerprint density at radius 2 is 2.04 bits per heavy atom. The van der Waals surface area contributed by atoms with Crippen LogP contribution in [0.5, 0.6) is 0 Å². The van der Waals surface area contributed by atoms with Crippen LogP contribution in [0.1, 0.15) is 73.2 Å². The van der Waals surface area contributed by atoms with Crippen LogP contribution < -0.4 is 5.32 Å². The van der Waals surface area contributed by atoms with Crippen molar-refractivity contribution in [3.63, 3.8) is 0 Å². The van der Waals surface area contributed by atoms with E-state index in [-0.39, 0.29) is 17.8 Å². The third kappa shape index (κ3) is 3.19. The number of rotatable bonds is 5. The lowest BCUT2D eigenvalue weighted by molar-refractivity contribution is -0.121. The lowest BCUT2D eigenvalue weighted by Gasteiger charge is -2.21. The van der Waals surface area contributed by atoms with Crippen LogP contribution in [0.2, 0.25) is 0 Å². The summed E-state index contributed by atoms with van der Waals surface area (Å²) in [4.78, 5) is 26.8. The summed E-state index contributed by atoms with van der Waals surface area (Å²) in [6.07, 6.45) is 8.93. The van der Waals surface area contributed by atoms with Crippen molar-refractivity contribution >= 4 is 28.2 Å². The molecule has 4 nitrogen and oxygen atoms in total. The lowest BCUT2D eigenvalue weighted by Crippen LogP contribution is -2.27. The van der Waals surface area contributed by atoms with Gasteiger partial charge in [0.1, 0.15) is 5.00 Å². The number of amides is 1. The third-order valence-corrected chi connectivity index (χ3v) is 7.91. The predicted octanol–water partition coefficient (Wildman–Crippen LogP) is 4.81. The van der Waals surface area contributed by atoms with Crippen molar-refractivity contribution < 1.29 is 14.3 Å². The molecule has 1 aromatic rings. The van der Waals surface area contributed by atoms with E-state index in [9.17, 15) is 9.59 Å². The molecule has 3 aliphatic carbocycles. The standard InChI is InChI=1S/C21H29NO3S/c1-3-12-6-8-15-17(11-12)26-20(18(15)21(24)25-4-2)22-19(23)16-10-13-5-7-14(16)9-13/h12-14,16H,3-11H2,1-2H3,(H,22,23)/t12-,13-,14-,16+/m0/s1. The maximum Gasteiger partial charge on any atom is 0.341 e. The van der Waals surface area contributed by atoms with Crippen LogP contribution in [0.3, 0.4) is 0 Å². The number of hydrogen-bond donors (Lipinski definition) is 1. The van der Waals surface area contributed by atoms with E-state index in [1.165, 1.54) is 30.6 Å². The van der Waals surface area contributed by atoms with E-state index < -0.39 is 0 Å². The van der Waals surface area contributed by atoms with Crippen molar-refractivity contribution in [2.75, 3.05) is 11.9 Å². The second-order valence-electron chi connectivity index (χ2n) is 8.22. The predicted molar refractivity (Wildman–Crippen MR) is 104 cm³/mol. The quantitative estimate of drug-likeness (QED) is 0.751. The SMILES string of the molecule is CCOC(=O)c1c(NC(=O)[C@@H]2C[C@H]3CC[C@H]2C3)sc2c1CC[C@H](CC)C2. The third-order valence-electron chi connectivity index (χ3n) is 6.74. The van der Waals surface area contributed by atoms with Gasteiger partial charge in [-0.25, -0.2) is 4.79 Å². The summed E-state index contributed by atoms with van der Waals surface area (Å²) in [5, 5.41) is 3.88. The van der Waals surface area contributed by atoms with Crippen LogP contribution >= 0.6 is 11.3 Å². The average molecular weight is 376 g/mol. The van der Waals surface area contributed by atoms with Crippen molar-refractivity contribution in [2.24, 2.45) is 23.7 Å². The lowest BCUT2D eigenvalue weighted by atomic mass is 9.85. The summed E-state index contributed by atoms with van der Waals surface area (Å²) in [6.45, 7) is 4.42. The minimum absolute atomic E-state index is 0.119. The van der Waals surface area contributed by atoms with E-state index in [0.29, 0.717) is 24.0 Å². The number of carbonyl (C=O) groups is 2. The molecular formula is C21H29NO3S. The van der Waals surface area contributed by atoms with Crippen LogP contribution in [-0.4, -0.2) is 18.5 Å². The first-order chi connectivity index (χ1) is 12.6. The van der Waals surface area contributed by atoms with Crippen molar-refractivity contribution in [3.05, 3.63) is 16.0 Å². The number of nitrogens with one attached hydrogen (secondary N) is 1. The molecule has 5 heteroatoms. The largest absolute Gasteiger partial charge is 0.462 e. The van der Waals surface area contributed by atoms with Gasteiger partial charge < -0.3 is 10.1 Å². The zero-order valence-corrected chi connectivity index (χ0v) is 16.6. The van der Waals surface area contributed by atoms with E-state index in [1.807, 2.05) is 6.92 Å². The first-order valence-electron chi connectivity index (χ1n) is 10.2. The Bertz CT molecular complexity index is 710. The van der Waals surface area contributed by atoms with E-state index in [2.05, 4.69) is 12.2 Å². The topological polar surface area (TPSA) is 55.4 Å². The Hall–Kier alpha value is -1.36. The van der Waals surface area contributed by atoms with Gasteiger partial charge in [0.15, 0.2) is 0 Å². The van der Waals surface area contributed by atoms with E-state index in [4.69, 9.17) is 4.74 Å². The molecule has 1 N–H and O–H groups in total. The van der Waals surface area contributed by atoms with Gasteiger partial charge in [0.05, 0.1) is 12.2 Å². The molecule has 4 atom stereocenters. The second kappa shape index (κ2) is 7.34. The first-order valence-corrected chi connectivity index (χ1v) is 11.0. The highest BCUT2D eigenvalue weighted by molar-refractivity contribution is 7.17. The highest BCUT2D eigenvalue weighted by Gasteiger charge is 2.43. The van der Waals surface area contributed by atoms with Crippen LogP contribution in [0, 0.1) is 23.7 Å². The van der Waals surface area contributed by atoms with Crippen molar-refractivity contribution in [2.45, 2.75) is 65.2 Å². The summed E-state index contributed by atoms with van der Waals surface area (Å²) < 4.78 is 5.32. The molecule has 26 heavy (non-hydrogen) atoms. The average Bonchev–Trinajstić information content (AvgIpc) is 3.34. The zero-order chi connectivity index (χ0) is 18.3. The van der Waals surface area contributed by atoms with Crippen molar-refractivity contribution in [1.29, 1.82) is 0 Å². The normalized spacial score (nSPS) is 29.5. The maximum absolute atomic E-state index is 12.9. The summed E-state index contributed by atoms with van der Waals surface area (Å²) in [6, 6.07) is 0. The number of fused-ring (bicyclic) bond motifs is 3. The van der Waals surface area contributed by atoms with Gasteiger partial charge in [-0.2, -0.15) is 0 Å². The van der Waals surface area contributed by atoms with Gasteiger partial charge in [-0.3, -0.25) is 4.79 Å². The highest BCUT2D eigenvalue weighted by Crippen LogP contribution is 2.49. The van der Waals surface area contributed by atoms with Crippen LogP contribution in [-0.2, 0) is 22.4 Å². The highest BCUT2D eigenvalue weighted by atomic mass is 32.1. The van der Waals surface area contributed by atoms with Crippen LogP contribution in [0.25, 0.3) is 0 Å². The number of carbonyl (C=O) groups excluding carboxylic acids is 2. The number of anilines is 1. The number of thiophene rings is 1. The van der Waals surface area contributed by atoms with Crippen LogP contribution in [0.15, 0.2) is 0 Å². The van der Waals surface area contributed by atoms with Gasteiger partial charge in [0, 0.05) is 10.8 Å². The van der Waals surface area contributed by atoms with E-state index in [0.717, 1.165) is 42.2 Å². The molecule has 1 amide bonds. The molecule has 0 spiro atoms. The maximum atomic E-state index is 12.9. The van der Waals surface area contributed by atoms with Gasteiger partial charge in [0.2, 0.25) is 5.91 Å². The minimum Gasteiger partial charge on any atom is -0.462 e. The molecule has 2 saturated carbocycles. The summed E-state index contributed by atoms with van der Waals surface area (Å²) in [7, 11) is 0. The number of esters is 1. The molecule has 0 aliphatic heterocycles. The Morgan fingerprint density at radius 1 is 1.19 bits per heavy atom. The smallest absolute Gasteiger partial charge is 0.341 e. The monoisotopic (exact) mass is 375 g/mol. The van der Waals surface area contributed by atoms with Crippen LogP contribution in [0.4, 0.5) is 5.00 Å². The minimum atomic E-state index is -0.275. The van der Waals surface area contributed by atoms with Gasteiger partial charge in [0.25, 0.3) is 0 Å². The fourth-order valence-electron chi connectivity index (χ4n) is 5.28. The molecular weight excluding hydrogens is 346 g/mol. The molecule has 0 unspecified atom stereocenters. The Morgan fingerprint density at radius 3 is 2.69 bits per heavy atom. The Balaban J connectivity index is 1.59. The van der Waals surface area contributed by atoms with Gasteiger partial charge in [-0.05, 0) is 68.8 Å². The van der Waals surface area contributed by atoms with Gasteiger partial charge >= 0.3 is 5.97 Å². The van der Waals surface area contributed by atoms with Crippen molar-refractivity contribution in [1.82, 2.24) is 0 Å². The molecule has 1 aromatic heterocycles. The zero-order valence-electron chi connectivity index (χ0n) is 15.8. The summed E-state index contributed by atoms with van der Waals surface area (Å²) in [5.74, 6) is 1.94. The van der Waals surface area contributed by atoms with Gasteiger partial charge in [-0.15, -0.1) is 11.3 Å². The number of hydrogen-bond acceptors (Lipinski definition) is 4. The molecule has 3 aliphatic rings. The van der Waals surface area contributed by atoms with Crippen molar-refractivity contribution in [3.8, 4) is 0 Å². The molecule has 0 aromatic carbocycles. The Kier molecular flexibility index (Phi) is 5.09. The molecule has 142 valence electrons. The molecule has 0 radical (unpaired) electrons. The molecule has 2 fully saturated rings. The molecule has 4 rings (SSSR count). The van der Waals surface area contributed by atoms with Gasteiger partial charge in [-0.1, -0.05) is 19.8 Å². The fourth-order valence-corrected chi connectivity index (χ4v) is 6.63. The summed E-state index contributed by atoms with van der Waals surface area (Å²) in [5.41, 5.74) is 1.76. The molecule has 0 saturated heterocycles. The second-order valence-corrected chi connectivity index (χ2v) is 9.32. The van der Waals surface area contributed by atoms with E-state index in [1.54, 1.807) is 11.3 Å². The molecule has 2 bridgehead atoms. The fraction of sp³-hybridized carbons (Fsp3) is 0.714. The summed E-state index contributed by atoms with van der Waals surface area (Å²) >= 11 is 1.61. The first kappa shape index (κ1) is 18.0. The van der Waals surface area contributed by atoms with E-state index >= 15 is 0 Å². The Labute approximate surface area is 159 Å².